The topological polar surface area (TPSA) is 66.5 Å². The lowest BCUT2D eigenvalue weighted by molar-refractivity contribution is 0.0463. The van der Waals surface area contributed by atoms with Gasteiger partial charge < -0.3 is 28.6 Å². The van der Waals surface area contributed by atoms with Crippen LogP contribution in [0.3, 0.4) is 0 Å². The van der Waals surface area contributed by atoms with E-state index in [1.807, 2.05) is 36.4 Å². The van der Waals surface area contributed by atoms with Gasteiger partial charge in [0.1, 0.15) is 17.8 Å². The van der Waals surface area contributed by atoms with Crippen LogP contribution in [0.25, 0.3) is 0 Å². The number of fused-ring (bicyclic) bond motifs is 2. The number of rotatable bonds is 9. The van der Waals surface area contributed by atoms with Crippen LogP contribution in [-0.4, -0.2) is 47.8 Å². The number of benzene rings is 3. The van der Waals surface area contributed by atoms with E-state index in [9.17, 15) is 4.79 Å². The smallest absolute Gasteiger partial charge is 0.203 e. The molecule has 3 aromatic rings. The minimum atomic E-state index is -1.22. The Morgan fingerprint density at radius 2 is 1.57 bits per heavy atom. The summed E-state index contributed by atoms with van der Waals surface area (Å²) in [6, 6.07) is 15.2. The third-order valence-electron chi connectivity index (χ3n) is 6.61. The number of nitrogens with zero attached hydrogens (tertiary/aromatic N) is 1. The molecule has 0 bridgehead atoms. The molecule has 1 heterocycles. The maximum atomic E-state index is 12.2. The number of ether oxygens (including phenoxy) is 5. The summed E-state index contributed by atoms with van der Waals surface area (Å²) in [5, 5.41) is 0. The Morgan fingerprint density at radius 1 is 0.857 bits per heavy atom. The summed E-state index contributed by atoms with van der Waals surface area (Å²) in [4.78, 5) is 14.4. The third-order valence-corrected chi connectivity index (χ3v) is 6.61. The zero-order valence-corrected chi connectivity index (χ0v) is 21.0. The van der Waals surface area contributed by atoms with Crippen molar-refractivity contribution in [3.8, 4) is 28.7 Å². The summed E-state index contributed by atoms with van der Waals surface area (Å²) in [6.07, 6.45) is 0.836. The molecule has 1 aliphatic rings. The molecular formula is C28H31NO6. The lowest BCUT2D eigenvalue weighted by atomic mass is 9.75. The molecule has 184 valence electrons. The fraction of sp³-hybridized carbons (Fsp3) is 0.321. The first-order valence-electron chi connectivity index (χ1n) is 11.5. The summed E-state index contributed by atoms with van der Waals surface area (Å²) in [5.41, 5.74) is 2.33. The molecule has 0 saturated carbocycles. The molecule has 0 N–H and O–H groups in total. The zero-order chi connectivity index (χ0) is 25.2. The van der Waals surface area contributed by atoms with Crippen LogP contribution < -0.4 is 23.8 Å². The molecule has 0 radical (unpaired) electrons. The van der Waals surface area contributed by atoms with Gasteiger partial charge in [0.2, 0.25) is 5.75 Å². The van der Waals surface area contributed by atoms with Gasteiger partial charge in [-0.15, -0.1) is 0 Å². The van der Waals surface area contributed by atoms with Gasteiger partial charge in [-0.1, -0.05) is 24.3 Å². The van der Waals surface area contributed by atoms with Gasteiger partial charge >= 0.3 is 0 Å². The van der Waals surface area contributed by atoms with Crippen molar-refractivity contribution in [3.63, 3.8) is 0 Å². The molecule has 7 heteroatoms. The number of methoxy groups -OCH3 is 4. The second-order valence-electron chi connectivity index (χ2n) is 8.06. The van der Waals surface area contributed by atoms with Crippen LogP contribution >= 0.6 is 0 Å². The molecule has 0 fully saturated rings. The van der Waals surface area contributed by atoms with E-state index in [0.717, 1.165) is 30.6 Å². The predicted octanol–water partition coefficient (Wildman–Crippen LogP) is 5.42. The maximum absolute atomic E-state index is 12.2. The van der Waals surface area contributed by atoms with E-state index >= 15 is 0 Å². The van der Waals surface area contributed by atoms with E-state index in [4.69, 9.17) is 23.7 Å². The summed E-state index contributed by atoms with van der Waals surface area (Å²) in [7, 11) is 6.29. The first-order chi connectivity index (χ1) is 17.0. The van der Waals surface area contributed by atoms with Crippen molar-refractivity contribution in [2.24, 2.45) is 0 Å². The summed E-state index contributed by atoms with van der Waals surface area (Å²) >= 11 is 0. The average Bonchev–Trinajstić information content (AvgIpc) is 2.91. The fourth-order valence-corrected chi connectivity index (χ4v) is 4.99. The highest BCUT2D eigenvalue weighted by Crippen LogP contribution is 2.60. The van der Waals surface area contributed by atoms with Crippen molar-refractivity contribution >= 4 is 12.0 Å². The van der Waals surface area contributed by atoms with Crippen LogP contribution in [0, 0.1) is 0 Å². The average molecular weight is 478 g/mol. The molecule has 1 atom stereocenters. The van der Waals surface area contributed by atoms with Crippen molar-refractivity contribution in [1.29, 1.82) is 0 Å². The highest BCUT2D eigenvalue weighted by atomic mass is 16.5. The fourth-order valence-electron chi connectivity index (χ4n) is 4.99. The molecular weight excluding hydrogens is 446 g/mol. The normalized spacial score (nSPS) is 15.9. The Labute approximate surface area is 206 Å². The lowest BCUT2D eigenvalue weighted by Gasteiger charge is -2.41. The van der Waals surface area contributed by atoms with Gasteiger partial charge in [0.25, 0.3) is 0 Å². The minimum Gasteiger partial charge on any atom is -0.493 e. The molecule has 1 aliphatic heterocycles. The summed E-state index contributed by atoms with van der Waals surface area (Å²) < 4.78 is 30.0. The SMILES string of the molecule is CCN(CC)c1ccc2c(c1)Oc1cc(OC)c(OC)c(OC)c1C2(OC)c1ccccc1C=O. The van der Waals surface area contributed by atoms with Gasteiger partial charge in [-0.2, -0.15) is 0 Å². The highest BCUT2D eigenvalue weighted by Gasteiger charge is 2.49. The Kier molecular flexibility index (Phi) is 6.89. The van der Waals surface area contributed by atoms with Gasteiger partial charge in [-0.25, -0.2) is 0 Å². The van der Waals surface area contributed by atoms with E-state index in [2.05, 4.69) is 18.7 Å². The number of aldehydes is 1. The number of hydrogen-bond acceptors (Lipinski definition) is 7. The van der Waals surface area contributed by atoms with E-state index in [0.29, 0.717) is 45.4 Å². The lowest BCUT2D eigenvalue weighted by Crippen LogP contribution is -2.36. The van der Waals surface area contributed by atoms with Crippen molar-refractivity contribution in [3.05, 3.63) is 70.8 Å². The molecule has 3 aromatic carbocycles. The monoisotopic (exact) mass is 477 g/mol. The molecule has 0 amide bonds. The second-order valence-corrected chi connectivity index (χ2v) is 8.06. The summed E-state index contributed by atoms with van der Waals surface area (Å²) in [5.74, 6) is 2.39. The zero-order valence-electron chi connectivity index (χ0n) is 21.0. The third kappa shape index (κ3) is 3.67. The number of carbonyl (C=O) groups excluding carboxylic acids is 1. The minimum absolute atomic E-state index is 0.405. The Morgan fingerprint density at radius 3 is 2.17 bits per heavy atom. The molecule has 0 saturated heterocycles. The molecule has 35 heavy (non-hydrogen) atoms. The number of hydrogen-bond donors (Lipinski definition) is 0. The van der Waals surface area contributed by atoms with Gasteiger partial charge in [0.05, 0.1) is 26.9 Å². The van der Waals surface area contributed by atoms with Gasteiger partial charge in [-0.05, 0) is 26.0 Å². The van der Waals surface area contributed by atoms with Crippen LogP contribution in [0.4, 0.5) is 5.69 Å². The quantitative estimate of drug-likeness (QED) is 0.382. The van der Waals surface area contributed by atoms with E-state index in [1.165, 1.54) is 0 Å². The van der Waals surface area contributed by atoms with Crippen LogP contribution in [0.5, 0.6) is 28.7 Å². The molecule has 4 rings (SSSR count). The van der Waals surface area contributed by atoms with E-state index in [1.54, 1.807) is 40.6 Å². The van der Waals surface area contributed by atoms with Crippen LogP contribution in [0.2, 0.25) is 0 Å². The van der Waals surface area contributed by atoms with Crippen LogP contribution in [0.15, 0.2) is 48.5 Å². The second kappa shape index (κ2) is 9.88. The van der Waals surface area contributed by atoms with Crippen molar-refractivity contribution in [2.75, 3.05) is 46.4 Å². The number of anilines is 1. The maximum Gasteiger partial charge on any atom is 0.203 e. The first-order valence-corrected chi connectivity index (χ1v) is 11.5. The molecule has 0 aromatic heterocycles. The molecule has 0 aliphatic carbocycles. The summed E-state index contributed by atoms with van der Waals surface area (Å²) in [6.45, 7) is 5.93. The molecule has 1 unspecified atom stereocenters. The Hall–Kier alpha value is -3.71. The van der Waals surface area contributed by atoms with E-state index in [-0.39, 0.29) is 0 Å². The molecule has 7 nitrogen and oxygen atoms in total. The Balaban J connectivity index is 2.15. The van der Waals surface area contributed by atoms with Gasteiger partial charge in [0.15, 0.2) is 17.1 Å². The first kappa shape index (κ1) is 24.4. The highest BCUT2D eigenvalue weighted by molar-refractivity contribution is 5.82. The Bertz CT molecular complexity index is 1240. The largest absolute Gasteiger partial charge is 0.493 e. The van der Waals surface area contributed by atoms with E-state index < -0.39 is 5.60 Å². The van der Waals surface area contributed by atoms with Crippen molar-refractivity contribution in [1.82, 2.24) is 0 Å². The number of carbonyl (C=O) groups is 1. The molecule has 0 spiro atoms. The predicted molar refractivity (Wildman–Crippen MR) is 135 cm³/mol. The van der Waals surface area contributed by atoms with Crippen molar-refractivity contribution < 1.29 is 28.5 Å². The van der Waals surface area contributed by atoms with Gasteiger partial charge in [-0.3, -0.25) is 4.79 Å². The standard InChI is InChI=1S/C28H31NO6/c1-7-29(8-2)19-13-14-21-22(15-19)35-23-16-24(31-3)26(32-4)27(33-5)25(23)28(21,34-6)20-12-10-9-11-18(20)17-30/h9-17H,7-8H2,1-6H3. The van der Waals surface area contributed by atoms with Crippen molar-refractivity contribution in [2.45, 2.75) is 19.4 Å². The van der Waals surface area contributed by atoms with Crippen LogP contribution in [0.1, 0.15) is 40.9 Å². The van der Waals surface area contributed by atoms with Gasteiger partial charge in [0, 0.05) is 54.7 Å². The van der Waals surface area contributed by atoms with Crippen LogP contribution in [-0.2, 0) is 10.3 Å².